The molecule has 8 nitrogen and oxygen atoms in total. The number of nitrogens with zero attached hydrogens (tertiary/aromatic N) is 4. The quantitative estimate of drug-likeness (QED) is 0.448. The number of aryl methyl sites for hydroxylation is 1. The molecule has 0 aliphatic rings. The maximum Gasteiger partial charge on any atom is 0.273 e. The zero-order valence-electron chi connectivity index (χ0n) is 19.2. The number of hydrogen-bond acceptors (Lipinski definition) is 6. The van der Waals surface area contributed by atoms with Crippen LogP contribution in [0.5, 0.6) is 0 Å². The summed E-state index contributed by atoms with van der Waals surface area (Å²) in [7, 11) is 0. The third-order valence-electron chi connectivity index (χ3n) is 5.16. The molecule has 0 radical (unpaired) electrons. The van der Waals surface area contributed by atoms with Crippen LogP contribution in [-0.4, -0.2) is 31.6 Å². The molecule has 0 spiro atoms. The molecule has 3 heterocycles. The molecule has 0 fully saturated rings. The summed E-state index contributed by atoms with van der Waals surface area (Å²) in [4.78, 5) is 34.5. The second kappa shape index (κ2) is 8.74. The summed E-state index contributed by atoms with van der Waals surface area (Å²) < 4.78 is 2.36. The third-order valence-corrected chi connectivity index (χ3v) is 6.13. The Hall–Kier alpha value is -3.59. The lowest BCUT2D eigenvalue weighted by Crippen LogP contribution is -2.28. The number of amides is 2. The second-order valence-corrected chi connectivity index (χ2v) is 9.90. The van der Waals surface area contributed by atoms with Crippen LogP contribution in [0.25, 0.3) is 10.3 Å². The zero-order valence-corrected chi connectivity index (χ0v) is 20.0. The van der Waals surface area contributed by atoms with Crippen molar-refractivity contribution in [1.29, 1.82) is 0 Å². The Morgan fingerprint density at radius 3 is 2.33 bits per heavy atom. The molecule has 1 unspecified atom stereocenters. The van der Waals surface area contributed by atoms with Crippen LogP contribution in [0.1, 0.15) is 65.7 Å². The summed E-state index contributed by atoms with van der Waals surface area (Å²) in [6.07, 6.45) is 3.38. The number of nitrogens with one attached hydrogen (secondary N) is 2. The Morgan fingerprint density at radius 1 is 1.03 bits per heavy atom. The van der Waals surface area contributed by atoms with Gasteiger partial charge in [0.15, 0.2) is 16.5 Å². The van der Waals surface area contributed by atoms with Gasteiger partial charge >= 0.3 is 0 Å². The van der Waals surface area contributed by atoms with Crippen molar-refractivity contribution in [3.63, 3.8) is 0 Å². The molecule has 9 heteroatoms. The fourth-order valence-electron chi connectivity index (χ4n) is 3.35. The van der Waals surface area contributed by atoms with E-state index < -0.39 is 5.54 Å². The van der Waals surface area contributed by atoms with Crippen molar-refractivity contribution in [2.45, 2.75) is 46.2 Å². The van der Waals surface area contributed by atoms with E-state index in [4.69, 9.17) is 0 Å². The fourth-order valence-corrected chi connectivity index (χ4v) is 4.27. The molecule has 1 aromatic carbocycles. The highest BCUT2D eigenvalue weighted by Gasteiger charge is 2.28. The lowest BCUT2D eigenvalue weighted by atomic mass is 10.1. The van der Waals surface area contributed by atoms with Crippen molar-refractivity contribution in [3.05, 3.63) is 71.2 Å². The number of pyridine rings is 1. The average Bonchev–Trinajstić information content (AvgIpc) is 3.32. The summed E-state index contributed by atoms with van der Waals surface area (Å²) in [6.45, 7) is 9.85. The molecule has 0 aliphatic carbocycles. The number of carbonyl (C=O) groups excluding carboxylic acids is 2. The molecular formula is C24H26N6O2S. The van der Waals surface area contributed by atoms with Gasteiger partial charge in [-0.1, -0.05) is 29.0 Å². The third kappa shape index (κ3) is 4.78. The van der Waals surface area contributed by atoms with Gasteiger partial charge in [0, 0.05) is 18.0 Å². The normalized spacial score (nSPS) is 12.5. The van der Waals surface area contributed by atoms with Crippen LogP contribution in [0.3, 0.4) is 0 Å². The first-order valence-electron chi connectivity index (χ1n) is 10.6. The Kier molecular flexibility index (Phi) is 5.99. The Labute approximate surface area is 196 Å². The highest BCUT2D eigenvalue weighted by Crippen LogP contribution is 2.32. The number of carbonyl (C=O) groups is 2. The van der Waals surface area contributed by atoms with Crippen LogP contribution in [0.2, 0.25) is 0 Å². The molecule has 33 heavy (non-hydrogen) atoms. The minimum Gasteiger partial charge on any atom is -0.344 e. The standard InChI is InChI=1S/C24H26N6O2S/c1-14-6-8-17(9-7-14)21(31)28-23-27-20-19(33-23)18(29-30(20)24(3,4)5)22(32)26-15(2)16-10-12-25-13-11-16/h6-13,15H,1-5H3,(H,26,32)(H,27,28,31). The van der Waals surface area contributed by atoms with Gasteiger partial charge in [-0.25, -0.2) is 4.68 Å². The summed E-state index contributed by atoms with van der Waals surface area (Å²) in [5.74, 6) is -0.550. The van der Waals surface area contributed by atoms with Gasteiger partial charge in [0.25, 0.3) is 11.8 Å². The summed E-state index contributed by atoms with van der Waals surface area (Å²) in [5, 5.41) is 10.9. The van der Waals surface area contributed by atoms with E-state index in [9.17, 15) is 9.59 Å². The van der Waals surface area contributed by atoms with Crippen molar-refractivity contribution < 1.29 is 9.59 Å². The number of aromatic nitrogens is 4. The molecule has 0 saturated carbocycles. The van der Waals surface area contributed by atoms with E-state index in [0.717, 1.165) is 11.1 Å². The molecule has 3 aromatic heterocycles. The summed E-state index contributed by atoms with van der Waals surface area (Å²) >= 11 is 1.24. The van der Waals surface area contributed by atoms with Crippen LogP contribution in [0.15, 0.2) is 48.8 Å². The molecule has 0 bridgehead atoms. The monoisotopic (exact) mass is 462 g/mol. The van der Waals surface area contributed by atoms with Gasteiger partial charge in [-0.05, 0) is 64.4 Å². The highest BCUT2D eigenvalue weighted by atomic mass is 32.1. The Bertz CT molecular complexity index is 1300. The first-order chi connectivity index (χ1) is 15.6. The van der Waals surface area contributed by atoms with Gasteiger partial charge in [0.1, 0.15) is 4.70 Å². The minimum absolute atomic E-state index is 0.219. The molecule has 1 atom stereocenters. The van der Waals surface area contributed by atoms with E-state index in [1.54, 1.807) is 29.2 Å². The Balaban J connectivity index is 1.65. The van der Waals surface area contributed by atoms with Crippen LogP contribution in [-0.2, 0) is 5.54 Å². The van der Waals surface area contributed by atoms with E-state index in [-0.39, 0.29) is 23.6 Å². The van der Waals surface area contributed by atoms with Crippen LogP contribution in [0, 0.1) is 6.92 Å². The SMILES string of the molecule is Cc1ccc(C(=O)Nc2nc3c(s2)c(C(=O)NC(C)c2ccncc2)nn3C(C)(C)C)cc1. The largest absolute Gasteiger partial charge is 0.344 e. The maximum absolute atomic E-state index is 13.2. The molecule has 0 saturated heterocycles. The maximum atomic E-state index is 13.2. The van der Waals surface area contributed by atoms with E-state index in [0.29, 0.717) is 21.0 Å². The van der Waals surface area contributed by atoms with Crippen molar-refractivity contribution in [2.75, 3.05) is 5.32 Å². The van der Waals surface area contributed by atoms with Crippen LogP contribution in [0.4, 0.5) is 5.13 Å². The number of anilines is 1. The van der Waals surface area contributed by atoms with Crippen molar-refractivity contribution in [2.24, 2.45) is 0 Å². The fraction of sp³-hybridized carbons (Fsp3) is 0.292. The molecule has 170 valence electrons. The Morgan fingerprint density at radius 2 is 1.70 bits per heavy atom. The molecule has 2 amide bonds. The number of fused-ring (bicyclic) bond motifs is 1. The highest BCUT2D eigenvalue weighted by molar-refractivity contribution is 7.22. The van der Waals surface area contributed by atoms with Gasteiger partial charge < -0.3 is 5.32 Å². The second-order valence-electron chi connectivity index (χ2n) is 8.90. The molecule has 2 N–H and O–H groups in total. The summed E-state index contributed by atoms with van der Waals surface area (Å²) in [5.41, 5.74) is 3.01. The molecular weight excluding hydrogens is 436 g/mol. The summed E-state index contributed by atoms with van der Waals surface area (Å²) in [6, 6.07) is 10.8. The van der Waals surface area contributed by atoms with Crippen molar-refractivity contribution in [1.82, 2.24) is 25.1 Å². The smallest absolute Gasteiger partial charge is 0.273 e. The van der Waals surface area contributed by atoms with Gasteiger partial charge in [-0.15, -0.1) is 0 Å². The van der Waals surface area contributed by atoms with E-state index in [2.05, 4.69) is 25.7 Å². The van der Waals surface area contributed by atoms with Gasteiger partial charge in [0.05, 0.1) is 11.6 Å². The lowest BCUT2D eigenvalue weighted by Gasteiger charge is -2.19. The number of rotatable bonds is 5. The van der Waals surface area contributed by atoms with Crippen LogP contribution < -0.4 is 10.6 Å². The topological polar surface area (TPSA) is 102 Å². The van der Waals surface area contributed by atoms with Crippen molar-refractivity contribution >= 4 is 38.6 Å². The predicted octanol–water partition coefficient (Wildman–Crippen LogP) is 4.69. The van der Waals surface area contributed by atoms with E-state index in [1.165, 1.54) is 11.3 Å². The van der Waals surface area contributed by atoms with Gasteiger partial charge in [0.2, 0.25) is 0 Å². The number of benzene rings is 1. The van der Waals surface area contributed by atoms with Crippen molar-refractivity contribution in [3.8, 4) is 0 Å². The first kappa shape index (κ1) is 22.6. The van der Waals surface area contributed by atoms with Gasteiger partial charge in [-0.2, -0.15) is 10.1 Å². The first-order valence-corrected chi connectivity index (χ1v) is 11.4. The molecule has 4 rings (SSSR count). The zero-order chi connectivity index (χ0) is 23.8. The predicted molar refractivity (Wildman–Crippen MR) is 130 cm³/mol. The minimum atomic E-state index is -0.403. The number of hydrogen-bond donors (Lipinski definition) is 2. The molecule has 0 aliphatic heterocycles. The van der Waals surface area contributed by atoms with E-state index >= 15 is 0 Å². The molecule has 4 aromatic rings. The number of thiazole rings is 1. The van der Waals surface area contributed by atoms with E-state index in [1.807, 2.05) is 58.9 Å². The lowest BCUT2D eigenvalue weighted by molar-refractivity contribution is 0.0934. The van der Waals surface area contributed by atoms with Gasteiger partial charge in [-0.3, -0.25) is 19.9 Å². The average molecular weight is 463 g/mol. The van der Waals surface area contributed by atoms with Crippen LogP contribution >= 0.6 is 11.3 Å².